The standard InChI is InChI=1S/C17H17FN2O3S/c1-20-16-8-7-14(10-12(16)6-9-17(20)21)24(22,23)19-11-13-4-2-3-5-15(13)18/h2-5,7-8,10,19H,6,9,11H2,1H3. The average Bonchev–Trinajstić information content (AvgIpc) is 2.57. The third-order valence-corrected chi connectivity index (χ3v) is 5.51. The SMILES string of the molecule is CN1C(=O)CCc2cc(S(=O)(=O)NCc3ccccc3F)ccc21. The lowest BCUT2D eigenvalue weighted by Gasteiger charge is -2.26. The highest BCUT2D eigenvalue weighted by atomic mass is 32.2. The van der Waals surface area contributed by atoms with E-state index in [0.717, 1.165) is 11.3 Å². The first-order valence-corrected chi connectivity index (χ1v) is 8.99. The van der Waals surface area contributed by atoms with Crippen LogP contribution in [0.2, 0.25) is 0 Å². The zero-order valence-electron chi connectivity index (χ0n) is 13.1. The van der Waals surface area contributed by atoms with Crippen LogP contribution in [0.5, 0.6) is 0 Å². The minimum Gasteiger partial charge on any atom is -0.315 e. The van der Waals surface area contributed by atoms with Crippen molar-refractivity contribution in [3.63, 3.8) is 0 Å². The summed E-state index contributed by atoms with van der Waals surface area (Å²) in [5.74, 6) is -0.443. The van der Waals surface area contributed by atoms with Crippen LogP contribution in [0, 0.1) is 5.82 Å². The van der Waals surface area contributed by atoms with Crippen molar-refractivity contribution in [1.29, 1.82) is 0 Å². The van der Waals surface area contributed by atoms with Gasteiger partial charge in [0.2, 0.25) is 15.9 Å². The van der Waals surface area contributed by atoms with Crippen LogP contribution >= 0.6 is 0 Å². The first-order valence-electron chi connectivity index (χ1n) is 7.51. The smallest absolute Gasteiger partial charge is 0.240 e. The van der Waals surface area contributed by atoms with Gasteiger partial charge in [-0.3, -0.25) is 4.79 Å². The number of rotatable bonds is 4. The second-order valence-electron chi connectivity index (χ2n) is 5.66. The third-order valence-electron chi connectivity index (χ3n) is 4.12. The molecule has 0 unspecified atom stereocenters. The molecule has 126 valence electrons. The van der Waals surface area contributed by atoms with Crippen molar-refractivity contribution >= 4 is 21.6 Å². The van der Waals surface area contributed by atoms with Crippen LogP contribution in [-0.4, -0.2) is 21.4 Å². The molecule has 1 heterocycles. The molecular weight excluding hydrogens is 331 g/mol. The maximum Gasteiger partial charge on any atom is 0.240 e. The Bertz CT molecular complexity index is 896. The summed E-state index contributed by atoms with van der Waals surface area (Å²) in [5.41, 5.74) is 1.81. The molecule has 0 aromatic heterocycles. The maximum atomic E-state index is 13.6. The molecule has 0 bridgehead atoms. The quantitative estimate of drug-likeness (QED) is 0.921. The van der Waals surface area contributed by atoms with E-state index in [1.807, 2.05) is 0 Å². The number of amides is 1. The van der Waals surface area contributed by atoms with Gasteiger partial charge in [0.15, 0.2) is 0 Å². The number of carbonyl (C=O) groups excluding carboxylic acids is 1. The summed E-state index contributed by atoms with van der Waals surface area (Å²) in [4.78, 5) is 13.3. The number of sulfonamides is 1. The number of benzene rings is 2. The lowest BCUT2D eigenvalue weighted by atomic mass is 10.0. The normalized spacial score (nSPS) is 14.6. The fourth-order valence-electron chi connectivity index (χ4n) is 2.70. The molecule has 0 radical (unpaired) electrons. The Morgan fingerprint density at radius 1 is 1.17 bits per heavy atom. The lowest BCUT2D eigenvalue weighted by molar-refractivity contribution is -0.118. The van der Waals surface area contributed by atoms with Gasteiger partial charge < -0.3 is 4.90 Å². The number of halogens is 1. The van der Waals surface area contributed by atoms with Gasteiger partial charge in [0.05, 0.1) is 4.90 Å². The van der Waals surface area contributed by atoms with E-state index in [1.54, 1.807) is 31.3 Å². The lowest BCUT2D eigenvalue weighted by Crippen LogP contribution is -2.31. The molecule has 0 spiro atoms. The Morgan fingerprint density at radius 2 is 1.92 bits per heavy atom. The minimum absolute atomic E-state index is 0.00999. The molecule has 1 amide bonds. The average molecular weight is 348 g/mol. The van der Waals surface area contributed by atoms with Crippen LogP contribution < -0.4 is 9.62 Å². The zero-order chi connectivity index (χ0) is 17.3. The van der Waals surface area contributed by atoms with E-state index >= 15 is 0 Å². The van der Waals surface area contributed by atoms with Gasteiger partial charge in [0.25, 0.3) is 0 Å². The largest absolute Gasteiger partial charge is 0.315 e. The van der Waals surface area contributed by atoms with Crippen LogP contribution in [-0.2, 0) is 27.8 Å². The summed E-state index contributed by atoms with van der Waals surface area (Å²) in [6, 6.07) is 10.7. The van der Waals surface area contributed by atoms with E-state index in [-0.39, 0.29) is 22.9 Å². The Morgan fingerprint density at radius 3 is 2.67 bits per heavy atom. The molecule has 1 aliphatic rings. The number of hydrogen-bond acceptors (Lipinski definition) is 3. The van der Waals surface area contributed by atoms with E-state index in [4.69, 9.17) is 0 Å². The monoisotopic (exact) mass is 348 g/mol. The van der Waals surface area contributed by atoms with Crippen molar-refractivity contribution < 1.29 is 17.6 Å². The molecule has 2 aromatic rings. The molecule has 1 aliphatic heterocycles. The molecular formula is C17H17FN2O3S. The third kappa shape index (κ3) is 3.18. The number of nitrogens with one attached hydrogen (secondary N) is 1. The number of aryl methyl sites for hydroxylation is 1. The predicted octanol–water partition coefficient (Wildman–Crippen LogP) is 2.21. The van der Waals surface area contributed by atoms with Gasteiger partial charge in [0, 0.05) is 31.3 Å². The van der Waals surface area contributed by atoms with Gasteiger partial charge in [-0.15, -0.1) is 0 Å². The van der Waals surface area contributed by atoms with Crippen molar-refractivity contribution in [2.75, 3.05) is 11.9 Å². The minimum atomic E-state index is -3.76. The van der Waals surface area contributed by atoms with E-state index in [0.29, 0.717) is 12.8 Å². The van der Waals surface area contributed by atoms with E-state index in [9.17, 15) is 17.6 Å². The van der Waals surface area contributed by atoms with Crippen molar-refractivity contribution in [3.05, 3.63) is 59.4 Å². The van der Waals surface area contributed by atoms with E-state index in [1.165, 1.54) is 23.1 Å². The Hall–Kier alpha value is -2.25. The summed E-state index contributed by atoms with van der Waals surface area (Å²) >= 11 is 0. The zero-order valence-corrected chi connectivity index (χ0v) is 13.9. The summed E-state index contributed by atoms with van der Waals surface area (Å²) in [7, 11) is -2.09. The highest BCUT2D eigenvalue weighted by Gasteiger charge is 2.23. The first kappa shape index (κ1) is 16.6. The molecule has 5 nitrogen and oxygen atoms in total. The molecule has 2 aromatic carbocycles. The van der Waals surface area contributed by atoms with Gasteiger partial charge in [0.1, 0.15) is 5.82 Å². The summed E-state index contributed by atoms with van der Waals surface area (Å²) < 4.78 is 40.9. The van der Waals surface area contributed by atoms with Crippen molar-refractivity contribution in [1.82, 2.24) is 4.72 Å². The highest BCUT2D eigenvalue weighted by Crippen LogP contribution is 2.29. The Balaban J connectivity index is 1.83. The van der Waals surface area contributed by atoms with Gasteiger partial charge in [-0.2, -0.15) is 0 Å². The second-order valence-corrected chi connectivity index (χ2v) is 7.43. The Labute approximate surface area is 140 Å². The molecule has 0 saturated carbocycles. The number of nitrogens with zero attached hydrogens (tertiary/aromatic N) is 1. The second kappa shape index (κ2) is 6.33. The molecule has 1 N–H and O–H groups in total. The topological polar surface area (TPSA) is 66.5 Å². The number of fused-ring (bicyclic) bond motifs is 1. The van der Waals surface area contributed by atoms with Gasteiger partial charge in [-0.1, -0.05) is 18.2 Å². The molecule has 3 rings (SSSR count). The number of carbonyl (C=O) groups is 1. The number of anilines is 1. The highest BCUT2D eigenvalue weighted by molar-refractivity contribution is 7.89. The van der Waals surface area contributed by atoms with E-state index < -0.39 is 15.8 Å². The van der Waals surface area contributed by atoms with E-state index in [2.05, 4.69) is 4.72 Å². The molecule has 0 aliphatic carbocycles. The molecule has 0 saturated heterocycles. The maximum absolute atomic E-state index is 13.6. The van der Waals surface area contributed by atoms with Crippen LogP contribution in [0.25, 0.3) is 0 Å². The summed E-state index contributed by atoms with van der Waals surface area (Å²) in [6.07, 6.45) is 0.866. The van der Waals surface area contributed by atoms with Crippen LogP contribution in [0.4, 0.5) is 10.1 Å². The summed E-state index contributed by atoms with van der Waals surface area (Å²) in [5, 5.41) is 0. The van der Waals surface area contributed by atoms with Crippen molar-refractivity contribution in [3.8, 4) is 0 Å². The van der Waals surface area contributed by atoms with Crippen molar-refractivity contribution in [2.45, 2.75) is 24.3 Å². The van der Waals surface area contributed by atoms with Crippen molar-refractivity contribution in [2.24, 2.45) is 0 Å². The fraction of sp³-hybridized carbons (Fsp3) is 0.235. The van der Waals surface area contributed by atoms with Gasteiger partial charge in [-0.25, -0.2) is 17.5 Å². The number of hydrogen-bond donors (Lipinski definition) is 1. The van der Waals surface area contributed by atoms with Crippen LogP contribution in [0.15, 0.2) is 47.4 Å². The molecule has 24 heavy (non-hydrogen) atoms. The molecule has 0 fully saturated rings. The van der Waals surface area contributed by atoms with Gasteiger partial charge >= 0.3 is 0 Å². The van der Waals surface area contributed by atoms with Gasteiger partial charge in [-0.05, 0) is 36.2 Å². The predicted molar refractivity (Wildman–Crippen MR) is 88.6 cm³/mol. The summed E-state index contributed by atoms with van der Waals surface area (Å²) in [6.45, 7) is -0.121. The Kier molecular flexibility index (Phi) is 4.38. The molecule has 7 heteroatoms. The molecule has 0 atom stereocenters. The van der Waals surface area contributed by atoms with Crippen LogP contribution in [0.3, 0.4) is 0 Å². The first-order chi connectivity index (χ1) is 11.4. The fourth-order valence-corrected chi connectivity index (χ4v) is 3.75. The van der Waals surface area contributed by atoms with Crippen LogP contribution in [0.1, 0.15) is 17.5 Å².